The summed E-state index contributed by atoms with van der Waals surface area (Å²) in [7, 11) is 0. The zero-order chi connectivity index (χ0) is 23.4. The van der Waals surface area contributed by atoms with Crippen molar-refractivity contribution in [2.75, 3.05) is 19.7 Å². The maximum atomic E-state index is 13.0. The molecule has 1 fully saturated rings. The number of hydrogen-bond donors (Lipinski definition) is 2. The standard InChI is InChI=1S/C26H30ClN3O3/c1-3-33-24-7-5-4-6-19(24)16-28-25(31)17(2)18-10-12-30(13-11-18)26(32)23-15-20-14-21(27)8-9-22(20)29-23/h4-9,14-15,17-18,29H,3,10-13,16H2,1-2H3,(H,28,31)/t17-/m0/s1. The number of para-hydroxylation sites is 1. The van der Waals surface area contributed by atoms with Gasteiger partial charge in [0.15, 0.2) is 0 Å². The van der Waals surface area contributed by atoms with Crippen LogP contribution in [0.15, 0.2) is 48.5 Å². The van der Waals surface area contributed by atoms with Gasteiger partial charge in [-0.05, 0) is 56.0 Å². The minimum Gasteiger partial charge on any atom is -0.494 e. The van der Waals surface area contributed by atoms with Gasteiger partial charge in [0.25, 0.3) is 5.91 Å². The molecule has 0 unspecified atom stereocenters. The number of rotatable bonds is 7. The number of nitrogens with one attached hydrogen (secondary N) is 2. The Morgan fingerprint density at radius 2 is 1.94 bits per heavy atom. The van der Waals surface area contributed by atoms with E-state index in [4.69, 9.17) is 16.3 Å². The Kier molecular flexibility index (Phi) is 7.23. The number of carbonyl (C=O) groups is 2. The molecule has 1 saturated heterocycles. The summed E-state index contributed by atoms with van der Waals surface area (Å²) in [5.74, 6) is 0.970. The van der Waals surface area contributed by atoms with Crippen molar-refractivity contribution in [1.82, 2.24) is 15.2 Å². The first-order valence-corrected chi connectivity index (χ1v) is 11.9. The van der Waals surface area contributed by atoms with Crippen LogP contribution < -0.4 is 10.1 Å². The number of nitrogens with zero attached hydrogens (tertiary/aromatic N) is 1. The number of aromatic nitrogens is 1. The highest BCUT2D eigenvalue weighted by Crippen LogP contribution is 2.27. The highest BCUT2D eigenvalue weighted by atomic mass is 35.5. The second kappa shape index (κ2) is 10.3. The van der Waals surface area contributed by atoms with E-state index in [0.29, 0.717) is 37.0 Å². The van der Waals surface area contributed by atoms with Gasteiger partial charge in [0.05, 0.1) is 6.61 Å². The molecule has 2 aromatic carbocycles. The average Bonchev–Trinajstić information content (AvgIpc) is 3.26. The molecule has 0 aliphatic carbocycles. The van der Waals surface area contributed by atoms with Crippen molar-refractivity contribution in [2.45, 2.75) is 33.2 Å². The summed E-state index contributed by atoms with van der Waals surface area (Å²) in [6.45, 7) is 6.25. The first-order valence-electron chi connectivity index (χ1n) is 11.5. The van der Waals surface area contributed by atoms with Crippen molar-refractivity contribution < 1.29 is 14.3 Å². The quantitative estimate of drug-likeness (QED) is 0.512. The molecule has 6 nitrogen and oxygen atoms in total. The normalized spacial score (nSPS) is 15.4. The van der Waals surface area contributed by atoms with E-state index in [-0.39, 0.29) is 23.7 Å². The van der Waals surface area contributed by atoms with E-state index in [2.05, 4.69) is 10.3 Å². The molecule has 2 amide bonds. The number of aromatic amines is 1. The van der Waals surface area contributed by atoms with Gasteiger partial charge in [-0.3, -0.25) is 9.59 Å². The SMILES string of the molecule is CCOc1ccccc1CNC(=O)[C@@H](C)C1CCN(C(=O)c2cc3cc(Cl)ccc3[nH]2)CC1. The number of piperidine rings is 1. The molecule has 2 N–H and O–H groups in total. The van der Waals surface area contributed by atoms with E-state index in [0.717, 1.165) is 35.1 Å². The van der Waals surface area contributed by atoms with Crippen LogP contribution in [0.1, 0.15) is 42.7 Å². The van der Waals surface area contributed by atoms with Gasteiger partial charge in [-0.25, -0.2) is 0 Å². The number of halogens is 1. The van der Waals surface area contributed by atoms with Crippen LogP contribution in [0.5, 0.6) is 5.75 Å². The Balaban J connectivity index is 1.30. The Morgan fingerprint density at radius 1 is 1.18 bits per heavy atom. The van der Waals surface area contributed by atoms with Crippen molar-refractivity contribution in [1.29, 1.82) is 0 Å². The number of ether oxygens (including phenoxy) is 1. The summed E-state index contributed by atoms with van der Waals surface area (Å²) < 4.78 is 5.64. The van der Waals surface area contributed by atoms with Gasteiger partial charge in [-0.1, -0.05) is 36.7 Å². The monoisotopic (exact) mass is 467 g/mol. The molecule has 4 rings (SSSR count). The third-order valence-electron chi connectivity index (χ3n) is 6.49. The second-order valence-corrected chi connectivity index (χ2v) is 9.03. The number of fused-ring (bicyclic) bond motifs is 1. The highest BCUT2D eigenvalue weighted by molar-refractivity contribution is 6.31. The van der Waals surface area contributed by atoms with Crippen molar-refractivity contribution in [2.24, 2.45) is 11.8 Å². The van der Waals surface area contributed by atoms with Crippen LogP contribution in [0.3, 0.4) is 0 Å². The van der Waals surface area contributed by atoms with Crippen LogP contribution in [0.2, 0.25) is 5.02 Å². The predicted octanol–water partition coefficient (Wildman–Crippen LogP) is 5.02. The molecule has 7 heteroatoms. The molecule has 0 spiro atoms. The molecule has 0 bridgehead atoms. The summed E-state index contributed by atoms with van der Waals surface area (Å²) >= 11 is 6.06. The number of amides is 2. The summed E-state index contributed by atoms with van der Waals surface area (Å²) in [6, 6.07) is 15.2. The van der Waals surface area contributed by atoms with E-state index in [1.54, 1.807) is 0 Å². The van der Waals surface area contributed by atoms with Crippen molar-refractivity contribution in [3.63, 3.8) is 0 Å². The number of benzene rings is 2. The van der Waals surface area contributed by atoms with Crippen molar-refractivity contribution >= 4 is 34.3 Å². The molecule has 1 aliphatic heterocycles. The molecule has 1 aliphatic rings. The van der Waals surface area contributed by atoms with Gasteiger partial charge in [0.1, 0.15) is 11.4 Å². The fourth-order valence-electron chi connectivity index (χ4n) is 4.50. The molecule has 1 aromatic heterocycles. The van der Waals surface area contributed by atoms with Crippen LogP contribution >= 0.6 is 11.6 Å². The van der Waals surface area contributed by atoms with E-state index in [1.165, 1.54) is 0 Å². The molecule has 1 atom stereocenters. The number of carbonyl (C=O) groups excluding carboxylic acids is 2. The Hall–Kier alpha value is -2.99. The molecule has 174 valence electrons. The van der Waals surface area contributed by atoms with Gasteiger partial charge < -0.3 is 19.9 Å². The lowest BCUT2D eigenvalue weighted by atomic mass is 9.84. The molecular formula is C26H30ClN3O3. The van der Waals surface area contributed by atoms with E-state index < -0.39 is 0 Å². The van der Waals surface area contributed by atoms with E-state index >= 15 is 0 Å². The number of hydrogen-bond acceptors (Lipinski definition) is 3. The Bertz CT molecular complexity index is 1130. The van der Waals surface area contributed by atoms with Crippen LogP contribution in [0.25, 0.3) is 10.9 Å². The molecule has 0 saturated carbocycles. The summed E-state index contributed by atoms with van der Waals surface area (Å²) in [4.78, 5) is 30.8. The lowest BCUT2D eigenvalue weighted by Crippen LogP contribution is -2.42. The highest BCUT2D eigenvalue weighted by Gasteiger charge is 2.30. The smallest absolute Gasteiger partial charge is 0.270 e. The first kappa shape index (κ1) is 23.2. The topological polar surface area (TPSA) is 74.4 Å². The van der Waals surface area contributed by atoms with Gasteiger partial charge in [-0.15, -0.1) is 0 Å². The molecule has 3 aromatic rings. The maximum absolute atomic E-state index is 13.0. The summed E-state index contributed by atoms with van der Waals surface area (Å²) in [6.07, 6.45) is 1.61. The minimum atomic E-state index is -0.114. The number of likely N-dealkylation sites (tertiary alicyclic amines) is 1. The van der Waals surface area contributed by atoms with Crippen LogP contribution in [-0.2, 0) is 11.3 Å². The molecule has 0 radical (unpaired) electrons. The fourth-order valence-corrected chi connectivity index (χ4v) is 4.68. The first-order chi connectivity index (χ1) is 16.0. The lowest BCUT2D eigenvalue weighted by Gasteiger charge is -2.34. The summed E-state index contributed by atoms with van der Waals surface area (Å²) in [5, 5.41) is 4.63. The molecule has 33 heavy (non-hydrogen) atoms. The summed E-state index contributed by atoms with van der Waals surface area (Å²) in [5.41, 5.74) is 2.44. The zero-order valence-electron chi connectivity index (χ0n) is 19.1. The fraction of sp³-hybridized carbons (Fsp3) is 0.385. The van der Waals surface area contributed by atoms with E-state index in [1.807, 2.05) is 67.3 Å². The molecular weight excluding hydrogens is 438 g/mol. The van der Waals surface area contributed by atoms with Crippen LogP contribution in [0.4, 0.5) is 0 Å². The number of H-pyrrole nitrogens is 1. The van der Waals surface area contributed by atoms with Crippen molar-refractivity contribution in [3.05, 3.63) is 64.8 Å². The maximum Gasteiger partial charge on any atom is 0.270 e. The lowest BCUT2D eigenvalue weighted by molar-refractivity contribution is -0.126. The Labute approximate surface area is 199 Å². The third kappa shape index (κ3) is 5.33. The van der Waals surface area contributed by atoms with E-state index in [9.17, 15) is 9.59 Å². The van der Waals surface area contributed by atoms with Crippen LogP contribution in [-0.4, -0.2) is 41.4 Å². The van der Waals surface area contributed by atoms with Crippen LogP contribution in [0, 0.1) is 11.8 Å². The molecule has 2 heterocycles. The zero-order valence-corrected chi connectivity index (χ0v) is 19.8. The largest absolute Gasteiger partial charge is 0.494 e. The van der Waals surface area contributed by atoms with Gasteiger partial charge in [-0.2, -0.15) is 0 Å². The van der Waals surface area contributed by atoms with Gasteiger partial charge >= 0.3 is 0 Å². The minimum absolute atomic E-state index is 0.00888. The van der Waals surface area contributed by atoms with Crippen molar-refractivity contribution in [3.8, 4) is 5.75 Å². The predicted molar refractivity (Wildman–Crippen MR) is 131 cm³/mol. The third-order valence-corrected chi connectivity index (χ3v) is 6.72. The average molecular weight is 468 g/mol. The second-order valence-electron chi connectivity index (χ2n) is 8.59. The Morgan fingerprint density at radius 3 is 2.70 bits per heavy atom. The van der Waals surface area contributed by atoms with Gasteiger partial charge in [0.2, 0.25) is 5.91 Å². The van der Waals surface area contributed by atoms with Gasteiger partial charge in [0, 0.05) is 47.0 Å².